The van der Waals surface area contributed by atoms with Crippen LogP contribution in [0.2, 0.25) is 0 Å². The molecule has 120 valence electrons. The van der Waals surface area contributed by atoms with Gasteiger partial charge in [0.2, 0.25) is 5.91 Å². The fraction of sp³-hybridized carbons (Fsp3) is 0.267. The average Bonchev–Trinajstić information content (AvgIpc) is 3.09. The Hall–Kier alpha value is -2.48. The number of hydrogen-bond acceptors (Lipinski definition) is 5. The van der Waals surface area contributed by atoms with E-state index in [-0.39, 0.29) is 18.3 Å². The molecule has 8 heteroatoms. The molecule has 1 saturated heterocycles. The van der Waals surface area contributed by atoms with Gasteiger partial charge in [0.15, 0.2) is 0 Å². The van der Waals surface area contributed by atoms with Crippen molar-refractivity contribution in [1.82, 2.24) is 9.88 Å². The van der Waals surface area contributed by atoms with E-state index in [0.717, 1.165) is 5.69 Å². The number of halogens is 1. The van der Waals surface area contributed by atoms with Crippen LogP contribution in [0.25, 0.3) is 0 Å². The summed E-state index contributed by atoms with van der Waals surface area (Å²) in [4.78, 5) is 31.6. The van der Waals surface area contributed by atoms with E-state index in [1.165, 1.54) is 28.4 Å². The lowest BCUT2D eigenvalue weighted by molar-refractivity contribution is -0.122. The Labute approximate surface area is 136 Å². The fourth-order valence-electron chi connectivity index (χ4n) is 2.62. The summed E-state index contributed by atoms with van der Waals surface area (Å²) < 4.78 is 13.0. The van der Waals surface area contributed by atoms with E-state index in [9.17, 15) is 14.0 Å². The Morgan fingerprint density at radius 3 is 2.61 bits per heavy atom. The van der Waals surface area contributed by atoms with Crippen molar-refractivity contribution in [2.24, 2.45) is 5.73 Å². The molecule has 0 spiro atoms. The lowest BCUT2D eigenvalue weighted by Crippen LogP contribution is -2.60. The van der Waals surface area contributed by atoms with Crippen molar-refractivity contribution in [3.05, 3.63) is 46.7 Å². The Balaban J connectivity index is 1.79. The molecule has 0 saturated carbocycles. The van der Waals surface area contributed by atoms with E-state index in [4.69, 9.17) is 5.73 Å². The maximum atomic E-state index is 13.0. The molecule has 1 fully saturated rings. The molecule has 1 aromatic heterocycles. The minimum absolute atomic E-state index is 0.275. The molecular weight excluding hydrogens is 319 g/mol. The molecule has 3 rings (SSSR count). The van der Waals surface area contributed by atoms with Crippen LogP contribution in [-0.2, 0) is 4.79 Å². The SMILES string of the molecule is NC(=O)C1CN(c2ccc(F)cc2)CCN1C(=O)c1cscn1. The van der Waals surface area contributed by atoms with Crippen molar-refractivity contribution < 1.29 is 14.0 Å². The van der Waals surface area contributed by atoms with Gasteiger partial charge in [0.1, 0.15) is 17.6 Å². The summed E-state index contributed by atoms with van der Waals surface area (Å²) in [6.45, 7) is 1.16. The van der Waals surface area contributed by atoms with Crippen LogP contribution in [0.4, 0.5) is 10.1 Å². The van der Waals surface area contributed by atoms with Gasteiger partial charge in [-0.25, -0.2) is 9.37 Å². The molecule has 0 radical (unpaired) electrons. The second-order valence-corrected chi connectivity index (χ2v) is 5.93. The molecule has 2 heterocycles. The molecule has 0 aliphatic carbocycles. The number of amides is 2. The molecule has 1 aromatic carbocycles. The number of nitrogens with zero attached hydrogens (tertiary/aromatic N) is 3. The van der Waals surface area contributed by atoms with E-state index in [2.05, 4.69) is 4.98 Å². The summed E-state index contributed by atoms with van der Waals surface area (Å²) in [6.07, 6.45) is 0. The summed E-state index contributed by atoms with van der Waals surface area (Å²) in [5, 5.41) is 1.65. The molecule has 6 nitrogen and oxygen atoms in total. The summed E-state index contributed by atoms with van der Waals surface area (Å²) in [7, 11) is 0. The number of thiazole rings is 1. The predicted octanol–water partition coefficient (Wildman–Crippen LogP) is 1.10. The van der Waals surface area contributed by atoms with Gasteiger partial charge in [-0.3, -0.25) is 9.59 Å². The predicted molar refractivity (Wildman–Crippen MR) is 84.7 cm³/mol. The van der Waals surface area contributed by atoms with Crippen LogP contribution < -0.4 is 10.6 Å². The minimum atomic E-state index is -0.747. The number of nitrogens with two attached hydrogens (primary N) is 1. The van der Waals surface area contributed by atoms with Gasteiger partial charge in [0.05, 0.1) is 5.51 Å². The minimum Gasteiger partial charge on any atom is -0.368 e. The van der Waals surface area contributed by atoms with Gasteiger partial charge < -0.3 is 15.5 Å². The highest BCUT2D eigenvalue weighted by molar-refractivity contribution is 7.07. The highest BCUT2D eigenvalue weighted by Gasteiger charge is 2.35. The normalized spacial score (nSPS) is 18.0. The molecule has 1 aliphatic heterocycles. The van der Waals surface area contributed by atoms with Gasteiger partial charge in [-0.2, -0.15) is 0 Å². The largest absolute Gasteiger partial charge is 0.368 e. The van der Waals surface area contributed by atoms with Crippen molar-refractivity contribution in [3.8, 4) is 0 Å². The third-order valence-corrected chi connectivity index (χ3v) is 4.40. The number of rotatable bonds is 3. The first-order valence-electron chi connectivity index (χ1n) is 7.05. The molecule has 0 bridgehead atoms. The van der Waals surface area contributed by atoms with Gasteiger partial charge in [-0.15, -0.1) is 11.3 Å². The Morgan fingerprint density at radius 2 is 2.00 bits per heavy atom. The second-order valence-electron chi connectivity index (χ2n) is 5.21. The highest BCUT2D eigenvalue weighted by Crippen LogP contribution is 2.21. The monoisotopic (exact) mass is 334 g/mol. The summed E-state index contributed by atoms with van der Waals surface area (Å²) in [6, 6.07) is 5.27. The lowest BCUT2D eigenvalue weighted by Gasteiger charge is -2.40. The molecule has 2 N–H and O–H groups in total. The number of hydrogen-bond donors (Lipinski definition) is 1. The number of benzene rings is 1. The van der Waals surface area contributed by atoms with Gasteiger partial charge in [0.25, 0.3) is 5.91 Å². The molecule has 1 aliphatic rings. The third-order valence-electron chi connectivity index (χ3n) is 3.81. The molecule has 1 atom stereocenters. The molecular formula is C15H15FN4O2S. The topological polar surface area (TPSA) is 79.5 Å². The van der Waals surface area contributed by atoms with E-state index < -0.39 is 11.9 Å². The van der Waals surface area contributed by atoms with Gasteiger partial charge in [-0.05, 0) is 24.3 Å². The van der Waals surface area contributed by atoms with Crippen molar-refractivity contribution in [1.29, 1.82) is 0 Å². The highest BCUT2D eigenvalue weighted by atomic mass is 32.1. The van der Waals surface area contributed by atoms with Crippen LogP contribution in [0, 0.1) is 5.82 Å². The Bertz CT molecular complexity index is 705. The van der Waals surface area contributed by atoms with Crippen molar-refractivity contribution in [2.45, 2.75) is 6.04 Å². The summed E-state index contributed by atoms with van der Waals surface area (Å²) in [5.74, 6) is -1.19. The quantitative estimate of drug-likeness (QED) is 0.911. The van der Waals surface area contributed by atoms with E-state index in [0.29, 0.717) is 18.8 Å². The summed E-state index contributed by atoms with van der Waals surface area (Å²) >= 11 is 1.32. The van der Waals surface area contributed by atoms with E-state index >= 15 is 0 Å². The van der Waals surface area contributed by atoms with Gasteiger partial charge in [-0.1, -0.05) is 0 Å². The number of carbonyl (C=O) groups is 2. The zero-order chi connectivity index (χ0) is 16.4. The maximum Gasteiger partial charge on any atom is 0.274 e. The Kier molecular flexibility index (Phi) is 4.24. The van der Waals surface area contributed by atoms with E-state index in [1.807, 2.05) is 4.90 Å². The number of carbonyl (C=O) groups excluding carboxylic acids is 2. The van der Waals surface area contributed by atoms with Crippen LogP contribution in [0.5, 0.6) is 0 Å². The number of aromatic nitrogens is 1. The molecule has 2 amide bonds. The first kappa shape index (κ1) is 15.4. The smallest absolute Gasteiger partial charge is 0.274 e. The van der Waals surface area contributed by atoms with E-state index in [1.54, 1.807) is 23.0 Å². The number of piperazine rings is 1. The van der Waals surface area contributed by atoms with Crippen LogP contribution in [0.15, 0.2) is 35.2 Å². The van der Waals surface area contributed by atoms with Crippen molar-refractivity contribution >= 4 is 28.8 Å². The lowest BCUT2D eigenvalue weighted by atomic mass is 10.1. The van der Waals surface area contributed by atoms with Crippen molar-refractivity contribution in [2.75, 3.05) is 24.5 Å². The van der Waals surface area contributed by atoms with Crippen LogP contribution in [-0.4, -0.2) is 47.4 Å². The van der Waals surface area contributed by atoms with Crippen molar-refractivity contribution in [3.63, 3.8) is 0 Å². The molecule has 1 unspecified atom stereocenters. The number of primary amides is 1. The Morgan fingerprint density at radius 1 is 1.26 bits per heavy atom. The maximum absolute atomic E-state index is 13.0. The second kappa shape index (κ2) is 6.33. The summed E-state index contributed by atoms with van der Waals surface area (Å²) in [5.41, 5.74) is 8.15. The standard InChI is InChI=1S/C15H15FN4O2S/c16-10-1-3-11(4-2-10)19-5-6-20(13(7-19)14(17)21)15(22)12-8-23-9-18-12/h1-4,8-9,13H,5-7H2,(H2,17,21). The van der Waals surface area contributed by atoms with Gasteiger partial charge >= 0.3 is 0 Å². The number of anilines is 1. The fourth-order valence-corrected chi connectivity index (χ4v) is 3.15. The third kappa shape index (κ3) is 3.16. The van der Waals surface area contributed by atoms with Crippen LogP contribution >= 0.6 is 11.3 Å². The first-order valence-corrected chi connectivity index (χ1v) is 7.99. The van der Waals surface area contributed by atoms with Gasteiger partial charge in [0, 0.05) is 30.7 Å². The zero-order valence-corrected chi connectivity index (χ0v) is 13.0. The van der Waals surface area contributed by atoms with Crippen LogP contribution in [0.3, 0.4) is 0 Å². The zero-order valence-electron chi connectivity index (χ0n) is 12.2. The molecule has 2 aromatic rings. The molecule has 23 heavy (non-hydrogen) atoms. The first-order chi connectivity index (χ1) is 11.1. The average molecular weight is 334 g/mol. The van der Waals surface area contributed by atoms with Crippen LogP contribution in [0.1, 0.15) is 10.5 Å².